The Kier molecular flexibility index (Phi) is 5.42. The van der Waals surface area contributed by atoms with Gasteiger partial charge in [0.25, 0.3) is 0 Å². The Bertz CT molecular complexity index is 802. The zero-order valence-corrected chi connectivity index (χ0v) is 15.9. The molecular weight excluding hydrogens is 381 g/mol. The first-order valence-electron chi connectivity index (χ1n) is 9.20. The van der Waals surface area contributed by atoms with E-state index in [4.69, 9.17) is 4.74 Å². The minimum atomic E-state index is -2.16. The zero-order valence-electron chi connectivity index (χ0n) is 15.9. The van der Waals surface area contributed by atoms with Crippen molar-refractivity contribution >= 4 is 6.09 Å². The smallest absolute Gasteiger partial charge is 0.411 e. The van der Waals surface area contributed by atoms with Gasteiger partial charge < -0.3 is 4.74 Å². The third-order valence-corrected chi connectivity index (χ3v) is 5.02. The number of ether oxygens (including phenoxy) is 1. The maximum absolute atomic E-state index is 14.0. The summed E-state index contributed by atoms with van der Waals surface area (Å²) in [6.45, 7) is 5.28. The van der Waals surface area contributed by atoms with Crippen molar-refractivity contribution in [1.29, 1.82) is 0 Å². The Morgan fingerprint density at radius 2 is 1.61 bits per heavy atom. The van der Waals surface area contributed by atoms with Gasteiger partial charge in [0.1, 0.15) is 5.60 Å². The van der Waals surface area contributed by atoms with Crippen LogP contribution in [0.4, 0.5) is 26.7 Å². The highest BCUT2D eigenvalue weighted by molar-refractivity contribution is 5.70. The number of hydrogen-bond donors (Lipinski definition) is 0. The van der Waals surface area contributed by atoms with Gasteiger partial charge in [0, 0.05) is 11.6 Å². The molecule has 8 heteroatoms. The first-order valence-corrected chi connectivity index (χ1v) is 9.20. The fraction of sp³-hybridized carbons (Fsp3) is 0.550. The molecule has 1 fully saturated rings. The summed E-state index contributed by atoms with van der Waals surface area (Å²) < 4.78 is 73.6. The van der Waals surface area contributed by atoms with Crippen molar-refractivity contribution in [3.8, 4) is 0 Å². The predicted octanol–water partition coefficient (Wildman–Crippen LogP) is 5.41. The van der Waals surface area contributed by atoms with Crippen molar-refractivity contribution in [2.24, 2.45) is 0 Å². The molecule has 0 saturated carbocycles. The van der Waals surface area contributed by atoms with Crippen LogP contribution >= 0.6 is 0 Å². The largest absolute Gasteiger partial charge is 0.444 e. The topological polar surface area (TPSA) is 29.5 Å². The summed E-state index contributed by atoms with van der Waals surface area (Å²) in [5.41, 5.74) is -0.950. The third-order valence-electron chi connectivity index (χ3n) is 5.02. The number of carbonyl (C=O) groups is 1. The van der Waals surface area contributed by atoms with Gasteiger partial charge in [-0.2, -0.15) is 0 Å². The number of carbonyl (C=O) groups excluding carboxylic acids is 1. The molecule has 3 rings (SSSR count). The molecule has 0 aromatic heterocycles. The quantitative estimate of drug-likeness (QED) is 0.286. The van der Waals surface area contributed by atoms with Crippen LogP contribution in [0.2, 0.25) is 0 Å². The minimum Gasteiger partial charge on any atom is -0.444 e. The lowest BCUT2D eigenvalue weighted by Crippen LogP contribution is -2.53. The molecule has 2 aliphatic rings. The Balaban J connectivity index is 1.88. The summed E-state index contributed by atoms with van der Waals surface area (Å²) in [5, 5.41) is 0. The lowest BCUT2D eigenvalue weighted by Gasteiger charge is -2.45. The highest BCUT2D eigenvalue weighted by Gasteiger charge is 2.39. The Labute approximate surface area is 160 Å². The lowest BCUT2D eigenvalue weighted by molar-refractivity contribution is -0.00152. The van der Waals surface area contributed by atoms with Gasteiger partial charge in [-0.15, -0.1) is 0 Å². The number of amides is 1. The van der Waals surface area contributed by atoms with Crippen LogP contribution in [0.5, 0.6) is 0 Å². The van der Waals surface area contributed by atoms with Crippen molar-refractivity contribution in [3.63, 3.8) is 0 Å². The number of hydrogen-bond acceptors (Lipinski definition) is 2. The molecule has 0 aliphatic carbocycles. The average molecular weight is 403 g/mol. The first kappa shape index (κ1) is 20.6. The third kappa shape index (κ3) is 3.86. The number of rotatable bonds is 2. The van der Waals surface area contributed by atoms with Crippen molar-refractivity contribution < 1.29 is 31.5 Å². The molecule has 3 nitrogen and oxygen atoms in total. The van der Waals surface area contributed by atoms with Crippen LogP contribution in [0.3, 0.4) is 0 Å². The molecule has 0 radical (unpaired) electrons. The molecule has 2 aliphatic heterocycles. The molecule has 154 valence electrons. The molecule has 2 unspecified atom stereocenters. The van der Waals surface area contributed by atoms with Crippen molar-refractivity contribution in [1.82, 2.24) is 4.90 Å². The SMILES string of the molecule is CC(C)(C)OC(=O)N1C2C=C(Cc3c(F)c(F)c(F)c(F)c3F)CC1CCC2. The van der Waals surface area contributed by atoms with Gasteiger partial charge in [0.15, 0.2) is 23.3 Å². The van der Waals surface area contributed by atoms with Crippen LogP contribution in [-0.2, 0) is 11.2 Å². The number of fused-ring (bicyclic) bond motifs is 2. The zero-order chi connectivity index (χ0) is 20.8. The Hall–Kier alpha value is -2.12. The van der Waals surface area contributed by atoms with Gasteiger partial charge in [-0.1, -0.05) is 11.6 Å². The summed E-state index contributed by atoms with van der Waals surface area (Å²) in [4.78, 5) is 14.2. The van der Waals surface area contributed by atoms with Gasteiger partial charge in [-0.3, -0.25) is 4.90 Å². The second kappa shape index (κ2) is 7.37. The van der Waals surface area contributed by atoms with Gasteiger partial charge in [0.2, 0.25) is 5.82 Å². The summed E-state index contributed by atoms with van der Waals surface area (Å²) in [5.74, 6) is -9.67. The predicted molar refractivity (Wildman–Crippen MR) is 92.1 cm³/mol. The molecular formula is C20H22F5NO2. The lowest BCUT2D eigenvalue weighted by atomic mass is 9.83. The second-order valence-corrected chi connectivity index (χ2v) is 8.29. The van der Waals surface area contributed by atoms with Crippen molar-refractivity contribution in [3.05, 3.63) is 46.3 Å². The molecule has 28 heavy (non-hydrogen) atoms. The van der Waals surface area contributed by atoms with Crippen LogP contribution < -0.4 is 0 Å². The second-order valence-electron chi connectivity index (χ2n) is 8.29. The van der Waals surface area contributed by atoms with E-state index in [1.54, 1.807) is 31.7 Å². The highest BCUT2D eigenvalue weighted by Crippen LogP contribution is 2.36. The monoisotopic (exact) mass is 403 g/mol. The average Bonchev–Trinajstić information content (AvgIpc) is 2.59. The van der Waals surface area contributed by atoms with Crippen molar-refractivity contribution in [2.45, 2.75) is 70.6 Å². The van der Waals surface area contributed by atoms with Crippen LogP contribution in [0, 0.1) is 29.1 Å². The van der Waals surface area contributed by atoms with E-state index in [1.165, 1.54) is 0 Å². The van der Waals surface area contributed by atoms with Crippen molar-refractivity contribution in [2.75, 3.05) is 0 Å². The van der Waals surface area contributed by atoms with Gasteiger partial charge in [0.05, 0.1) is 6.04 Å². The highest BCUT2D eigenvalue weighted by atomic mass is 19.2. The van der Waals surface area contributed by atoms with E-state index < -0.39 is 46.3 Å². The molecule has 2 atom stereocenters. The van der Waals surface area contributed by atoms with E-state index in [2.05, 4.69) is 0 Å². The molecule has 2 heterocycles. The first-order chi connectivity index (χ1) is 13.0. The van der Waals surface area contributed by atoms with E-state index in [0.29, 0.717) is 24.8 Å². The normalized spacial score (nSPS) is 22.1. The van der Waals surface area contributed by atoms with E-state index in [-0.39, 0.29) is 18.5 Å². The molecule has 0 N–H and O–H groups in total. The van der Waals surface area contributed by atoms with Gasteiger partial charge in [-0.25, -0.2) is 26.7 Å². The molecule has 1 amide bonds. The maximum atomic E-state index is 14.0. The van der Waals surface area contributed by atoms with E-state index in [1.807, 2.05) is 0 Å². The number of nitrogens with zero attached hydrogens (tertiary/aromatic N) is 1. The van der Waals surface area contributed by atoms with Gasteiger partial charge >= 0.3 is 6.09 Å². The summed E-state index contributed by atoms with van der Waals surface area (Å²) in [7, 11) is 0. The van der Waals surface area contributed by atoms with E-state index in [9.17, 15) is 26.7 Å². The molecule has 1 aromatic carbocycles. The summed E-state index contributed by atoms with van der Waals surface area (Å²) in [6.07, 6.45) is 3.35. The maximum Gasteiger partial charge on any atom is 0.411 e. The standard InChI is InChI=1S/C20H22F5NO2/c1-20(2,3)28-19(27)26-11-5-4-6-12(26)8-10(7-11)9-13-14(21)16(23)18(25)17(24)15(13)22/h7,11-12H,4-6,8-9H2,1-3H3. The fourth-order valence-electron chi connectivity index (χ4n) is 3.88. The summed E-state index contributed by atoms with van der Waals surface area (Å²) >= 11 is 0. The molecule has 1 aromatic rings. The number of halogens is 5. The van der Waals surface area contributed by atoms with Crippen LogP contribution in [0.1, 0.15) is 52.0 Å². The van der Waals surface area contributed by atoms with E-state index >= 15 is 0 Å². The number of piperidine rings is 1. The summed E-state index contributed by atoms with van der Waals surface area (Å²) in [6, 6.07) is -0.548. The van der Waals surface area contributed by atoms with Gasteiger partial charge in [-0.05, 0) is 52.9 Å². The van der Waals surface area contributed by atoms with Crippen LogP contribution in [-0.4, -0.2) is 28.7 Å². The fourth-order valence-corrected chi connectivity index (χ4v) is 3.88. The van der Waals surface area contributed by atoms with Crippen LogP contribution in [0.25, 0.3) is 0 Å². The Morgan fingerprint density at radius 3 is 2.14 bits per heavy atom. The van der Waals surface area contributed by atoms with Crippen LogP contribution in [0.15, 0.2) is 11.6 Å². The molecule has 1 saturated heterocycles. The Morgan fingerprint density at radius 1 is 1.04 bits per heavy atom. The number of benzene rings is 1. The minimum absolute atomic E-state index is 0.227. The van der Waals surface area contributed by atoms with E-state index in [0.717, 1.165) is 6.42 Å². The molecule has 0 spiro atoms. The molecule has 2 bridgehead atoms.